The third-order valence-corrected chi connectivity index (χ3v) is 2.05. The molecule has 0 aliphatic rings. The first-order valence-corrected chi connectivity index (χ1v) is 4.54. The number of hydrogen-bond acceptors (Lipinski definition) is 5. The molecule has 5 heteroatoms. The van der Waals surface area contributed by atoms with E-state index in [4.69, 9.17) is 14.2 Å². The normalized spacial score (nSPS) is 9.44. The highest BCUT2D eigenvalue weighted by Crippen LogP contribution is 2.35. The van der Waals surface area contributed by atoms with Crippen LogP contribution in [0.1, 0.15) is 5.56 Å². The van der Waals surface area contributed by atoms with Crippen LogP contribution in [0.2, 0.25) is 0 Å². The van der Waals surface area contributed by atoms with E-state index in [-0.39, 0.29) is 6.61 Å². The van der Waals surface area contributed by atoms with Gasteiger partial charge in [-0.1, -0.05) is 0 Å². The topological polar surface area (TPSA) is 54.0 Å². The van der Waals surface area contributed by atoms with Gasteiger partial charge >= 0.3 is 6.47 Å². The molecule has 5 nitrogen and oxygen atoms in total. The predicted molar refractivity (Wildman–Crippen MR) is 56.6 cm³/mol. The van der Waals surface area contributed by atoms with Crippen LogP contribution in [-0.4, -0.2) is 27.8 Å². The summed E-state index contributed by atoms with van der Waals surface area (Å²) in [6.45, 7) is 1.41. The summed E-state index contributed by atoms with van der Waals surface area (Å²) in [4.78, 5) is 10.0. The van der Waals surface area contributed by atoms with Crippen molar-refractivity contribution in [2.45, 2.75) is 6.61 Å². The summed E-state index contributed by atoms with van der Waals surface area (Å²) in [6, 6.07) is 3.39. The second-order valence-electron chi connectivity index (χ2n) is 2.89. The maximum Gasteiger partial charge on any atom is 0.417 e. The van der Waals surface area contributed by atoms with Crippen molar-refractivity contribution in [1.29, 1.82) is 0 Å². The molecule has 1 aromatic carbocycles. The summed E-state index contributed by atoms with van der Waals surface area (Å²) in [6.07, 6.45) is 0. The minimum Gasteiger partial charge on any atom is -0.497 e. The van der Waals surface area contributed by atoms with E-state index in [1.807, 2.05) is 0 Å². The van der Waals surface area contributed by atoms with Crippen molar-refractivity contribution >= 4 is 6.47 Å². The van der Waals surface area contributed by atoms with E-state index in [9.17, 15) is 4.79 Å². The van der Waals surface area contributed by atoms with Crippen LogP contribution in [0.3, 0.4) is 0 Å². The van der Waals surface area contributed by atoms with Crippen LogP contribution in [0.4, 0.5) is 0 Å². The lowest BCUT2D eigenvalue weighted by molar-refractivity contribution is 0.257. The molecule has 0 aliphatic heterocycles. The summed E-state index contributed by atoms with van der Waals surface area (Å²) in [5.41, 5.74) is 0.655. The summed E-state index contributed by atoms with van der Waals surface area (Å²) in [5, 5.41) is 0. The fraction of sp³-hybridized carbons (Fsp3) is 0.364. The molecule has 1 rings (SSSR count). The quantitative estimate of drug-likeness (QED) is 0.730. The van der Waals surface area contributed by atoms with Gasteiger partial charge in [0, 0.05) is 11.6 Å². The van der Waals surface area contributed by atoms with Crippen molar-refractivity contribution in [3.05, 3.63) is 17.7 Å². The zero-order valence-electron chi connectivity index (χ0n) is 9.40. The molecule has 0 fully saturated rings. The van der Waals surface area contributed by atoms with Gasteiger partial charge in [0.05, 0.1) is 21.3 Å². The monoisotopic (exact) mass is 225 g/mol. The summed E-state index contributed by atoms with van der Waals surface area (Å²) < 4.78 is 20.0. The van der Waals surface area contributed by atoms with E-state index in [2.05, 4.69) is 4.74 Å². The van der Waals surface area contributed by atoms with E-state index in [1.165, 1.54) is 27.8 Å². The summed E-state index contributed by atoms with van der Waals surface area (Å²) in [7, 11) is 4.57. The molecular formula is C11H13O5. The van der Waals surface area contributed by atoms with Crippen LogP contribution >= 0.6 is 0 Å². The van der Waals surface area contributed by atoms with Crippen molar-refractivity contribution < 1.29 is 23.7 Å². The van der Waals surface area contributed by atoms with Gasteiger partial charge in [0.15, 0.2) is 11.5 Å². The molecule has 0 aromatic heterocycles. The van der Waals surface area contributed by atoms with Crippen LogP contribution < -0.4 is 14.2 Å². The third kappa shape index (κ3) is 2.56. The zero-order chi connectivity index (χ0) is 12.0. The Morgan fingerprint density at radius 1 is 1.12 bits per heavy atom. The molecule has 0 saturated carbocycles. The Morgan fingerprint density at radius 2 is 1.88 bits per heavy atom. The molecular weight excluding hydrogens is 212 g/mol. The molecule has 0 spiro atoms. The highest BCUT2D eigenvalue weighted by molar-refractivity contribution is 5.52. The number of methoxy groups -OCH3 is 3. The number of rotatable bonds is 6. The van der Waals surface area contributed by atoms with E-state index in [1.54, 1.807) is 12.1 Å². The largest absolute Gasteiger partial charge is 0.497 e. The zero-order valence-corrected chi connectivity index (χ0v) is 9.40. The van der Waals surface area contributed by atoms with E-state index in [0.717, 1.165) is 0 Å². The fourth-order valence-electron chi connectivity index (χ4n) is 1.35. The molecule has 0 aliphatic carbocycles. The molecule has 1 aromatic rings. The molecule has 87 valence electrons. The van der Waals surface area contributed by atoms with E-state index in [0.29, 0.717) is 22.8 Å². The fourth-order valence-corrected chi connectivity index (χ4v) is 1.35. The van der Waals surface area contributed by atoms with E-state index < -0.39 is 0 Å². The van der Waals surface area contributed by atoms with Crippen molar-refractivity contribution in [3.8, 4) is 17.2 Å². The average Bonchev–Trinajstić information content (AvgIpc) is 2.34. The molecule has 0 N–H and O–H groups in total. The van der Waals surface area contributed by atoms with Crippen molar-refractivity contribution in [1.82, 2.24) is 0 Å². The highest BCUT2D eigenvalue weighted by atomic mass is 16.5. The second-order valence-corrected chi connectivity index (χ2v) is 2.89. The summed E-state index contributed by atoms with van der Waals surface area (Å²) in [5.74, 6) is 1.63. The molecule has 0 unspecified atom stereocenters. The minimum atomic E-state index is 0.0558. The lowest BCUT2D eigenvalue weighted by atomic mass is 10.2. The molecule has 16 heavy (non-hydrogen) atoms. The van der Waals surface area contributed by atoms with Crippen LogP contribution in [0.5, 0.6) is 17.2 Å². The van der Waals surface area contributed by atoms with Crippen molar-refractivity contribution in [2.24, 2.45) is 0 Å². The minimum absolute atomic E-state index is 0.0558. The molecule has 0 amide bonds. The van der Waals surface area contributed by atoms with Gasteiger partial charge in [-0.15, -0.1) is 0 Å². The van der Waals surface area contributed by atoms with Crippen molar-refractivity contribution in [2.75, 3.05) is 21.3 Å². The maximum atomic E-state index is 10.0. The van der Waals surface area contributed by atoms with Gasteiger partial charge in [-0.3, -0.25) is 0 Å². The predicted octanol–water partition coefficient (Wildman–Crippen LogP) is 1.30. The lowest BCUT2D eigenvalue weighted by Crippen LogP contribution is -1.99. The first-order chi connectivity index (χ1) is 7.76. The van der Waals surface area contributed by atoms with Gasteiger partial charge < -0.3 is 18.9 Å². The second kappa shape index (κ2) is 5.85. The molecule has 1 radical (unpaired) electrons. The van der Waals surface area contributed by atoms with Gasteiger partial charge in [0.25, 0.3) is 0 Å². The molecule has 0 atom stereocenters. The first-order valence-electron chi connectivity index (χ1n) is 4.54. The summed E-state index contributed by atoms with van der Waals surface area (Å²) >= 11 is 0. The van der Waals surface area contributed by atoms with Crippen LogP contribution in [0, 0.1) is 0 Å². The van der Waals surface area contributed by atoms with Gasteiger partial charge in [-0.25, -0.2) is 4.79 Å². The van der Waals surface area contributed by atoms with Gasteiger partial charge in [-0.05, 0) is 6.07 Å². The molecule has 0 saturated heterocycles. The number of carbonyl (C=O) groups excluding carboxylic acids is 1. The third-order valence-electron chi connectivity index (χ3n) is 2.05. The Hall–Kier alpha value is -1.91. The van der Waals surface area contributed by atoms with E-state index >= 15 is 0 Å². The number of hydrogen-bond donors (Lipinski definition) is 0. The van der Waals surface area contributed by atoms with Crippen LogP contribution in [-0.2, 0) is 16.1 Å². The Morgan fingerprint density at radius 3 is 2.38 bits per heavy atom. The standard InChI is InChI=1S/C11H13O5/c1-13-9-4-8(6-16-7-12)11(15-3)10(5-9)14-2/h4-5H,6H2,1-3H3. The van der Waals surface area contributed by atoms with Gasteiger partial charge in [0.2, 0.25) is 0 Å². The molecule has 0 bridgehead atoms. The Bertz CT molecular complexity index is 362. The smallest absolute Gasteiger partial charge is 0.417 e. The maximum absolute atomic E-state index is 10.0. The number of ether oxygens (including phenoxy) is 4. The first kappa shape index (κ1) is 12.2. The number of benzene rings is 1. The van der Waals surface area contributed by atoms with Gasteiger partial charge in [-0.2, -0.15) is 0 Å². The van der Waals surface area contributed by atoms with Crippen molar-refractivity contribution in [3.63, 3.8) is 0 Å². The Kier molecular flexibility index (Phi) is 4.44. The highest BCUT2D eigenvalue weighted by Gasteiger charge is 2.13. The SMILES string of the molecule is COc1cc(CO[C]=O)c(OC)c(OC)c1. The average molecular weight is 225 g/mol. The van der Waals surface area contributed by atoms with Crippen LogP contribution in [0.25, 0.3) is 0 Å². The molecule has 0 heterocycles. The van der Waals surface area contributed by atoms with Crippen LogP contribution in [0.15, 0.2) is 12.1 Å². The Labute approximate surface area is 93.9 Å². The van der Waals surface area contributed by atoms with Gasteiger partial charge in [0.1, 0.15) is 12.4 Å². The lowest BCUT2D eigenvalue weighted by Gasteiger charge is -2.13. The Balaban J connectivity index is 3.14.